The first-order valence-electron chi connectivity index (χ1n) is 7.61. The minimum absolute atomic E-state index is 0.347. The summed E-state index contributed by atoms with van der Waals surface area (Å²) in [5, 5.41) is 3.86. The molecule has 1 fully saturated rings. The van der Waals surface area contributed by atoms with E-state index in [4.69, 9.17) is 5.73 Å². The van der Waals surface area contributed by atoms with Gasteiger partial charge in [-0.3, -0.25) is 0 Å². The first-order valence-corrected chi connectivity index (χ1v) is 7.61. The lowest BCUT2D eigenvalue weighted by atomic mass is 9.73. The van der Waals surface area contributed by atoms with Gasteiger partial charge in [0.05, 0.1) is 0 Å². The standard InChI is InChI=1S/C15H32N2/c1-4-15(5-2,6-3)17-13-14(12-16)10-8-7-9-11-14/h17H,4-13,16H2,1-3H3. The third-order valence-electron chi connectivity index (χ3n) is 5.22. The van der Waals surface area contributed by atoms with Crippen molar-refractivity contribution in [2.75, 3.05) is 13.1 Å². The van der Waals surface area contributed by atoms with Crippen LogP contribution >= 0.6 is 0 Å². The summed E-state index contributed by atoms with van der Waals surface area (Å²) in [4.78, 5) is 0. The molecule has 102 valence electrons. The van der Waals surface area contributed by atoms with Crippen molar-refractivity contribution in [1.82, 2.24) is 5.32 Å². The Morgan fingerprint density at radius 1 is 1.00 bits per heavy atom. The number of nitrogens with one attached hydrogen (secondary N) is 1. The number of rotatable bonds is 7. The summed E-state index contributed by atoms with van der Waals surface area (Å²) in [6.07, 6.45) is 10.5. The Hall–Kier alpha value is -0.0800. The molecule has 1 saturated carbocycles. The minimum Gasteiger partial charge on any atom is -0.330 e. The van der Waals surface area contributed by atoms with Crippen LogP contribution in [0.4, 0.5) is 0 Å². The van der Waals surface area contributed by atoms with Crippen LogP contribution in [-0.2, 0) is 0 Å². The van der Waals surface area contributed by atoms with Crippen molar-refractivity contribution in [3.63, 3.8) is 0 Å². The maximum Gasteiger partial charge on any atom is 0.0173 e. The molecule has 0 saturated heterocycles. The topological polar surface area (TPSA) is 38.0 Å². The molecule has 3 N–H and O–H groups in total. The van der Waals surface area contributed by atoms with Gasteiger partial charge in [0.1, 0.15) is 0 Å². The Morgan fingerprint density at radius 2 is 1.53 bits per heavy atom. The van der Waals surface area contributed by atoms with Crippen molar-refractivity contribution in [3.05, 3.63) is 0 Å². The highest BCUT2D eigenvalue weighted by atomic mass is 15.0. The van der Waals surface area contributed by atoms with Gasteiger partial charge >= 0.3 is 0 Å². The van der Waals surface area contributed by atoms with Gasteiger partial charge in [0, 0.05) is 12.1 Å². The van der Waals surface area contributed by atoms with E-state index < -0.39 is 0 Å². The van der Waals surface area contributed by atoms with Gasteiger partial charge < -0.3 is 11.1 Å². The fourth-order valence-corrected chi connectivity index (χ4v) is 3.25. The van der Waals surface area contributed by atoms with Crippen LogP contribution in [-0.4, -0.2) is 18.6 Å². The monoisotopic (exact) mass is 240 g/mol. The Labute approximate surface area is 108 Å². The van der Waals surface area contributed by atoms with Crippen LogP contribution in [0.25, 0.3) is 0 Å². The molecular formula is C15H32N2. The summed E-state index contributed by atoms with van der Waals surface area (Å²) >= 11 is 0. The van der Waals surface area contributed by atoms with E-state index in [0.29, 0.717) is 11.0 Å². The van der Waals surface area contributed by atoms with E-state index in [0.717, 1.165) is 13.1 Å². The molecule has 0 bridgehead atoms. The molecule has 0 unspecified atom stereocenters. The molecule has 1 aliphatic carbocycles. The third kappa shape index (κ3) is 3.69. The molecule has 17 heavy (non-hydrogen) atoms. The summed E-state index contributed by atoms with van der Waals surface area (Å²) in [7, 11) is 0. The summed E-state index contributed by atoms with van der Waals surface area (Å²) in [6, 6.07) is 0. The van der Waals surface area contributed by atoms with E-state index in [1.54, 1.807) is 0 Å². The van der Waals surface area contributed by atoms with Crippen molar-refractivity contribution in [1.29, 1.82) is 0 Å². The lowest BCUT2D eigenvalue weighted by molar-refractivity contribution is 0.157. The maximum absolute atomic E-state index is 6.05. The van der Waals surface area contributed by atoms with E-state index in [9.17, 15) is 0 Å². The quantitative estimate of drug-likeness (QED) is 0.715. The molecule has 2 nitrogen and oxygen atoms in total. The van der Waals surface area contributed by atoms with Crippen molar-refractivity contribution >= 4 is 0 Å². The van der Waals surface area contributed by atoms with E-state index in [1.165, 1.54) is 51.4 Å². The average molecular weight is 240 g/mol. The van der Waals surface area contributed by atoms with E-state index >= 15 is 0 Å². The summed E-state index contributed by atoms with van der Waals surface area (Å²) < 4.78 is 0. The zero-order chi connectivity index (χ0) is 12.8. The van der Waals surface area contributed by atoms with Crippen LogP contribution in [0.15, 0.2) is 0 Å². The van der Waals surface area contributed by atoms with Crippen LogP contribution in [0.1, 0.15) is 72.1 Å². The Bertz CT molecular complexity index is 195. The van der Waals surface area contributed by atoms with E-state index in [2.05, 4.69) is 26.1 Å². The van der Waals surface area contributed by atoms with Gasteiger partial charge in [-0.2, -0.15) is 0 Å². The molecule has 0 aromatic rings. The molecule has 1 aliphatic rings. The summed E-state index contributed by atoms with van der Waals surface area (Å²) in [5.74, 6) is 0. The van der Waals surface area contributed by atoms with E-state index in [1.807, 2.05) is 0 Å². The highest BCUT2D eigenvalue weighted by Crippen LogP contribution is 2.35. The van der Waals surface area contributed by atoms with Crippen molar-refractivity contribution < 1.29 is 0 Å². The van der Waals surface area contributed by atoms with Crippen LogP contribution in [0, 0.1) is 5.41 Å². The number of nitrogens with two attached hydrogens (primary N) is 1. The van der Waals surface area contributed by atoms with Gasteiger partial charge in [-0.1, -0.05) is 40.0 Å². The predicted molar refractivity (Wildman–Crippen MR) is 76.2 cm³/mol. The zero-order valence-electron chi connectivity index (χ0n) is 12.1. The molecular weight excluding hydrogens is 208 g/mol. The molecule has 0 aromatic heterocycles. The van der Waals surface area contributed by atoms with Crippen molar-refractivity contribution in [2.24, 2.45) is 11.1 Å². The van der Waals surface area contributed by atoms with Crippen molar-refractivity contribution in [3.8, 4) is 0 Å². The van der Waals surface area contributed by atoms with Gasteiger partial charge in [-0.15, -0.1) is 0 Å². The second-order valence-electron chi connectivity index (χ2n) is 5.96. The first-order chi connectivity index (χ1) is 8.16. The average Bonchev–Trinajstić information content (AvgIpc) is 2.42. The fourth-order valence-electron chi connectivity index (χ4n) is 3.25. The molecule has 0 heterocycles. The lowest BCUT2D eigenvalue weighted by Gasteiger charge is -2.41. The molecule has 0 amide bonds. The smallest absolute Gasteiger partial charge is 0.0173 e. The highest BCUT2D eigenvalue weighted by molar-refractivity contribution is 4.91. The van der Waals surface area contributed by atoms with Crippen molar-refractivity contribution in [2.45, 2.75) is 77.7 Å². The minimum atomic E-state index is 0.347. The van der Waals surface area contributed by atoms with Gasteiger partial charge in [0.2, 0.25) is 0 Å². The zero-order valence-corrected chi connectivity index (χ0v) is 12.1. The van der Waals surface area contributed by atoms with Gasteiger partial charge in [-0.25, -0.2) is 0 Å². The van der Waals surface area contributed by atoms with Gasteiger partial charge in [-0.05, 0) is 44.1 Å². The Balaban J connectivity index is 2.56. The lowest BCUT2D eigenvalue weighted by Crippen LogP contribution is -2.51. The van der Waals surface area contributed by atoms with Gasteiger partial charge in [0.25, 0.3) is 0 Å². The Morgan fingerprint density at radius 3 is 1.94 bits per heavy atom. The molecule has 0 spiro atoms. The largest absolute Gasteiger partial charge is 0.330 e. The van der Waals surface area contributed by atoms with Crippen LogP contribution < -0.4 is 11.1 Å². The first kappa shape index (κ1) is 15.0. The fraction of sp³-hybridized carbons (Fsp3) is 1.00. The SMILES string of the molecule is CCC(CC)(CC)NCC1(CN)CCCCC1. The normalized spacial score (nSPS) is 20.5. The van der Waals surface area contributed by atoms with Crippen LogP contribution in [0.5, 0.6) is 0 Å². The second kappa shape index (κ2) is 6.75. The second-order valence-corrected chi connectivity index (χ2v) is 5.96. The predicted octanol–water partition coefficient (Wildman–Crippen LogP) is 3.45. The molecule has 0 aliphatic heterocycles. The Kier molecular flexibility index (Phi) is 5.94. The molecule has 0 atom stereocenters. The molecule has 2 heteroatoms. The molecule has 0 radical (unpaired) electrons. The van der Waals surface area contributed by atoms with E-state index in [-0.39, 0.29) is 0 Å². The van der Waals surface area contributed by atoms with Crippen LogP contribution in [0.2, 0.25) is 0 Å². The summed E-state index contributed by atoms with van der Waals surface area (Å²) in [6.45, 7) is 8.88. The number of hydrogen-bond donors (Lipinski definition) is 2. The van der Waals surface area contributed by atoms with Gasteiger partial charge in [0.15, 0.2) is 0 Å². The highest BCUT2D eigenvalue weighted by Gasteiger charge is 2.33. The molecule has 1 rings (SSSR count). The summed E-state index contributed by atoms with van der Waals surface area (Å²) in [5.41, 5.74) is 6.79. The number of hydrogen-bond acceptors (Lipinski definition) is 2. The maximum atomic E-state index is 6.05. The molecule has 0 aromatic carbocycles. The van der Waals surface area contributed by atoms with Crippen LogP contribution in [0.3, 0.4) is 0 Å². The third-order valence-corrected chi connectivity index (χ3v) is 5.22.